The van der Waals surface area contributed by atoms with Crippen LogP contribution in [0.4, 0.5) is 4.79 Å². The second-order valence-corrected chi connectivity index (χ2v) is 11.2. The molecule has 15 nitrogen and oxygen atoms in total. The quantitative estimate of drug-likeness (QED) is 0.0680. The minimum absolute atomic E-state index is 0.00920. The first-order chi connectivity index (χ1) is 22.0. The first-order valence-corrected chi connectivity index (χ1v) is 15.8. The van der Waals surface area contributed by atoms with Gasteiger partial charge in [0, 0.05) is 32.1 Å². The zero-order valence-corrected chi connectivity index (χ0v) is 26.3. The molecule has 0 aliphatic carbocycles. The third kappa shape index (κ3) is 20.6. The normalized spacial score (nSPS) is 12.2. The fraction of sp³-hybridized carbons (Fsp3) is 0.645. The maximum absolute atomic E-state index is 12.1. The van der Waals surface area contributed by atoms with Crippen LogP contribution in [0, 0.1) is 0 Å². The number of carbonyl (C=O) groups is 6. The van der Waals surface area contributed by atoms with Crippen LogP contribution in [0.3, 0.4) is 0 Å². The van der Waals surface area contributed by atoms with Gasteiger partial charge in [-0.15, -0.1) is 0 Å². The van der Waals surface area contributed by atoms with Gasteiger partial charge in [0.2, 0.25) is 5.91 Å². The van der Waals surface area contributed by atoms with Crippen LogP contribution in [0.25, 0.3) is 0 Å². The van der Waals surface area contributed by atoms with Gasteiger partial charge in [0.1, 0.15) is 12.1 Å². The average Bonchev–Trinajstić information content (AvgIpc) is 2.99. The van der Waals surface area contributed by atoms with Crippen molar-refractivity contribution in [3.63, 3.8) is 0 Å². The highest BCUT2D eigenvalue weighted by Crippen LogP contribution is 2.11. The summed E-state index contributed by atoms with van der Waals surface area (Å²) in [5.41, 5.74) is 0.853. The molecule has 1 rings (SSSR count). The number of rotatable bonds is 27. The summed E-state index contributed by atoms with van der Waals surface area (Å²) >= 11 is 0. The second kappa shape index (κ2) is 24.0. The molecule has 0 saturated heterocycles. The maximum Gasteiger partial charge on any atom is 0.326 e. The Morgan fingerprint density at radius 2 is 1.30 bits per heavy atom. The maximum atomic E-state index is 12.1. The molecule has 0 fully saturated rings. The second-order valence-electron chi connectivity index (χ2n) is 11.2. The Hall–Kier alpha value is -4.27. The van der Waals surface area contributed by atoms with Crippen LogP contribution in [0.2, 0.25) is 0 Å². The number of unbranched alkanes of at least 4 members (excludes halogenated alkanes) is 8. The van der Waals surface area contributed by atoms with Crippen molar-refractivity contribution in [3.05, 3.63) is 30.1 Å². The van der Waals surface area contributed by atoms with Gasteiger partial charge in [0.15, 0.2) is 0 Å². The fourth-order valence-electron chi connectivity index (χ4n) is 4.74. The van der Waals surface area contributed by atoms with Gasteiger partial charge in [-0.05, 0) is 57.2 Å². The number of carboxylic acid groups (broad SMARTS) is 4. The summed E-state index contributed by atoms with van der Waals surface area (Å²) < 4.78 is 0. The number of hydrogen-bond acceptors (Lipinski definition) is 8. The molecule has 2 atom stereocenters. The average molecular weight is 652 g/mol. The first-order valence-electron chi connectivity index (χ1n) is 15.8. The van der Waals surface area contributed by atoms with Crippen molar-refractivity contribution in [1.82, 2.24) is 25.8 Å². The molecule has 15 heteroatoms. The van der Waals surface area contributed by atoms with E-state index in [2.05, 4.69) is 20.9 Å². The lowest BCUT2D eigenvalue weighted by Gasteiger charge is -2.19. The number of pyridine rings is 1. The van der Waals surface area contributed by atoms with Crippen molar-refractivity contribution < 1.29 is 49.2 Å². The summed E-state index contributed by atoms with van der Waals surface area (Å²) in [5.74, 6) is -4.87. The molecule has 1 aromatic heterocycles. The Bertz CT molecular complexity index is 1090. The molecular formula is C31H49N5O10. The highest BCUT2D eigenvalue weighted by molar-refractivity contribution is 5.86. The van der Waals surface area contributed by atoms with Gasteiger partial charge in [-0.1, -0.05) is 44.6 Å². The smallest absolute Gasteiger partial charge is 0.326 e. The van der Waals surface area contributed by atoms with Crippen LogP contribution in [-0.4, -0.2) is 97.8 Å². The van der Waals surface area contributed by atoms with Crippen LogP contribution in [0.5, 0.6) is 0 Å². The number of carbonyl (C=O) groups excluding carboxylic acids is 2. The minimum Gasteiger partial charge on any atom is -0.481 e. The fourth-order valence-corrected chi connectivity index (χ4v) is 4.74. The SMILES string of the molecule is O=C(O)CC[C@H](NC(=O)N[C@H](CCCCNC(=O)CCCCCCCCCCN(CC(=O)O)Cc1ccccn1)C(=O)O)C(=O)O. The molecule has 0 aliphatic rings. The summed E-state index contributed by atoms with van der Waals surface area (Å²) in [5, 5.41) is 43.4. The summed E-state index contributed by atoms with van der Waals surface area (Å²) in [4.78, 5) is 74.8. The van der Waals surface area contributed by atoms with Gasteiger partial charge in [-0.25, -0.2) is 14.4 Å². The predicted molar refractivity (Wildman–Crippen MR) is 167 cm³/mol. The number of aromatic nitrogens is 1. The molecule has 0 spiro atoms. The van der Waals surface area contributed by atoms with Crippen molar-refractivity contribution in [2.75, 3.05) is 19.6 Å². The molecule has 0 aromatic carbocycles. The van der Waals surface area contributed by atoms with Crippen molar-refractivity contribution in [2.45, 2.75) is 109 Å². The number of aliphatic carboxylic acids is 4. The van der Waals surface area contributed by atoms with Crippen molar-refractivity contribution in [2.24, 2.45) is 0 Å². The molecular weight excluding hydrogens is 602 g/mol. The highest BCUT2D eigenvalue weighted by atomic mass is 16.4. The van der Waals surface area contributed by atoms with Crippen molar-refractivity contribution >= 4 is 35.8 Å². The number of nitrogens with zero attached hydrogens (tertiary/aromatic N) is 2. The molecule has 1 heterocycles. The Morgan fingerprint density at radius 3 is 1.87 bits per heavy atom. The zero-order chi connectivity index (χ0) is 34.2. The molecule has 0 bridgehead atoms. The van der Waals surface area contributed by atoms with E-state index in [0.29, 0.717) is 38.9 Å². The topological polar surface area (TPSA) is 236 Å². The van der Waals surface area contributed by atoms with Gasteiger partial charge >= 0.3 is 29.9 Å². The number of nitrogens with one attached hydrogen (secondary N) is 3. The molecule has 3 amide bonds. The van der Waals surface area contributed by atoms with Crippen LogP contribution in [0.15, 0.2) is 24.4 Å². The number of amides is 3. The lowest BCUT2D eigenvalue weighted by atomic mass is 10.1. The molecule has 1 aromatic rings. The number of urea groups is 1. The number of carboxylic acids is 4. The van der Waals surface area contributed by atoms with Gasteiger partial charge in [0.25, 0.3) is 0 Å². The lowest BCUT2D eigenvalue weighted by molar-refractivity contribution is -0.141. The third-order valence-electron chi connectivity index (χ3n) is 7.19. The van der Waals surface area contributed by atoms with E-state index in [0.717, 1.165) is 57.1 Å². The summed E-state index contributed by atoms with van der Waals surface area (Å²) in [6.45, 7) is 1.57. The molecule has 0 saturated carbocycles. The Kier molecular flexibility index (Phi) is 20.8. The van der Waals surface area contributed by atoms with Gasteiger partial charge in [-0.3, -0.25) is 24.3 Å². The largest absolute Gasteiger partial charge is 0.481 e. The van der Waals surface area contributed by atoms with E-state index in [4.69, 9.17) is 10.2 Å². The van der Waals surface area contributed by atoms with Gasteiger partial charge in [0.05, 0.1) is 12.2 Å². The van der Waals surface area contributed by atoms with Crippen LogP contribution in [0.1, 0.15) is 95.6 Å². The van der Waals surface area contributed by atoms with Crippen molar-refractivity contribution in [3.8, 4) is 0 Å². The molecule has 46 heavy (non-hydrogen) atoms. The van der Waals surface area contributed by atoms with Crippen LogP contribution < -0.4 is 16.0 Å². The lowest BCUT2D eigenvalue weighted by Crippen LogP contribution is -2.51. The Labute approximate surface area is 269 Å². The third-order valence-corrected chi connectivity index (χ3v) is 7.19. The standard InChI is InChI=1S/C31H49N5O10/c37-26(33-19-11-9-14-24(29(42)43)34-31(46)35-25(30(44)45)16-17-27(38)39)15-7-5-3-1-2-4-6-12-20-36(22-28(40)41)21-23-13-8-10-18-32-23/h8,10,13,18,24-25H,1-7,9,11-12,14-17,19-22H2,(H,33,37)(H,38,39)(H,40,41)(H,42,43)(H,44,45)(H2,34,35,46)/t24-,25+/m1/s1. The summed E-state index contributed by atoms with van der Waals surface area (Å²) in [6.07, 6.45) is 10.2. The van der Waals surface area contributed by atoms with E-state index in [1.165, 1.54) is 0 Å². The Morgan fingerprint density at radius 1 is 0.696 bits per heavy atom. The van der Waals surface area contributed by atoms with E-state index in [-0.39, 0.29) is 25.3 Å². The minimum atomic E-state index is -1.47. The van der Waals surface area contributed by atoms with E-state index in [1.807, 2.05) is 23.1 Å². The molecule has 0 aliphatic heterocycles. The van der Waals surface area contributed by atoms with Gasteiger partial charge < -0.3 is 36.4 Å². The van der Waals surface area contributed by atoms with E-state index < -0.39 is 48.4 Å². The first kappa shape index (κ1) is 39.8. The van der Waals surface area contributed by atoms with Gasteiger partial charge in [-0.2, -0.15) is 0 Å². The molecule has 7 N–H and O–H groups in total. The van der Waals surface area contributed by atoms with Crippen LogP contribution in [-0.2, 0) is 30.5 Å². The highest BCUT2D eigenvalue weighted by Gasteiger charge is 2.24. The van der Waals surface area contributed by atoms with E-state index in [9.17, 15) is 39.0 Å². The van der Waals surface area contributed by atoms with E-state index >= 15 is 0 Å². The summed E-state index contributed by atoms with van der Waals surface area (Å²) in [7, 11) is 0. The summed E-state index contributed by atoms with van der Waals surface area (Å²) in [6, 6.07) is 1.86. The predicted octanol–water partition coefficient (Wildman–Crippen LogP) is 2.84. The van der Waals surface area contributed by atoms with Crippen molar-refractivity contribution in [1.29, 1.82) is 0 Å². The Balaban J connectivity index is 2.10. The molecule has 258 valence electrons. The van der Waals surface area contributed by atoms with E-state index in [1.54, 1.807) is 6.20 Å². The zero-order valence-electron chi connectivity index (χ0n) is 26.3. The monoisotopic (exact) mass is 651 g/mol. The molecule has 0 radical (unpaired) electrons. The van der Waals surface area contributed by atoms with Crippen LogP contribution >= 0.6 is 0 Å². The number of hydrogen-bond donors (Lipinski definition) is 7. The molecule has 0 unspecified atom stereocenters.